The highest BCUT2D eigenvalue weighted by Gasteiger charge is 2.22. The average Bonchev–Trinajstić information content (AvgIpc) is 2.90. The van der Waals surface area contributed by atoms with Gasteiger partial charge in [0.1, 0.15) is 0 Å². The minimum absolute atomic E-state index is 0.752. The molecule has 4 heteroatoms. The molecule has 1 fully saturated rings. The molecule has 0 radical (unpaired) electrons. The maximum atomic E-state index is 4.35. The summed E-state index contributed by atoms with van der Waals surface area (Å²) < 4.78 is 0. The SMILES string of the molecule is CC(C)CNCC1CCN(Cc2cscn2)C1. The van der Waals surface area contributed by atoms with Crippen molar-refractivity contribution in [1.82, 2.24) is 15.2 Å². The number of nitrogens with one attached hydrogen (secondary N) is 1. The molecule has 0 saturated carbocycles. The summed E-state index contributed by atoms with van der Waals surface area (Å²) in [6, 6.07) is 0. The van der Waals surface area contributed by atoms with E-state index in [4.69, 9.17) is 0 Å². The van der Waals surface area contributed by atoms with Gasteiger partial charge in [0.05, 0.1) is 11.2 Å². The van der Waals surface area contributed by atoms with Gasteiger partial charge in [-0.2, -0.15) is 0 Å². The monoisotopic (exact) mass is 253 g/mol. The van der Waals surface area contributed by atoms with Crippen LogP contribution in [0, 0.1) is 11.8 Å². The largest absolute Gasteiger partial charge is 0.316 e. The van der Waals surface area contributed by atoms with Gasteiger partial charge < -0.3 is 5.32 Å². The van der Waals surface area contributed by atoms with E-state index in [2.05, 4.69) is 34.4 Å². The Morgan fingerprint density at radius 3 is 3.18 bits per heavy atom. The molecule has 96 valence electrons. The highest BCUT2D eigenvalue weighted by molar-refractivity contribution is 7.07. The quantitative estimate of drug-likeness (QED) is 0.842. The second-order valence-corrected chi connectivity index (χ2v) is 6.14. The average molecular weight is 253 g/mol. The van der Waals surface area contributed by atoms with E-state index in [0.717, 1.165) is 24.9 Å². The van der Waals surface area contributed by atoms with Gasteiger partial charge in [-0.1, -0.05) is 13.8 Å². The summed E-state index contributed by atoms with van der Waals surface area (Å²) >= 11 is 1.69. The number of thiazole rings is 1. The van der Waals surface area contributed by atoms with E-state index in [1.54, 1.807) is 11.3 Å². The Kier molecular flexibility index (Phi) is 4.95. The van der Waals surface area contributed by atoms with E-state index < -0.39 is 0 Å². The van der Waals surface area contributed by atoms with Crippen LogP contribution in [0.5, 0.6) is 0 Å². The lowest BCUT2D eigenvalue weighted by Gasteiger charge is -2.15. The number of aromatic nitrogens is 1. The molecule has 1 unspecified atom stereocenters. The van der Waals surface area contributed by atoms with Crippen LogP contribution >= 0.6 is 11.3 Å². The van der Waals surface area contributed by atoms with Crippen molar-refractivity contribution in [2.75, 3.05) is 26.2 Å². The van der Waals surface area contributed by atoms with Crippen LogP contribution in [0.2, 0.25) is 0 Å². The van der Waals surface area contributed by atoms with Crippen LogP contribution in [0.3, 0.4) is 0 Å². The third-order valence-electron chi connectivity index (χ3n) is 3.22. The standard InChI is InChI=1S/C13H23N3S/c1-11(2)5-14-6-12-3-4-16(7-12)8-13-9-17-10-15-13/h9-12,14H,3-8H2,1-2H3. The van der Waals surface area contributed by atoms with Gasteiger partial charge >= 0.3 is 0 Å². The summed E-state index contributed by atoms with van der Waals surface area (Å²) in [7, 11) is 0. The first-order chi connectivity index (χ1) is 8.24. The summed E-state index contributed by atoms with van der Waals surface area (Å²) in [5.74, 6) is 1.58. The van der Waals surface area contributed by atoms with E-state index in [1.807, 2.05) is 5.51 Å². The fraction of sp³-hybridized carbons (Fsp3) is 0.769. The molecule has 2 rings (SSSR count). The second kappa shape index (κ2) is 6.47. The Bertz CT molecular complexity index is 310. The van der Waals surface area contributed by atoms with E-state index in [1.165, 1.54) is 31.7 Å². The first-order valence-electron chi connectivity index (χ1n) is 6.54. The van der Waals surface area contributed by atoms with Crippen LogP contribution in [0.1, 0.15) is 26.0 Å². The molecule has 1 saturated heterocycles. The lowest BCUT2D eigenvalue weighted by molar-refractivity contribution is 0.310. The second-order valence-electron chi connectivity index (χ2n) is 5.42. The van der Waals surface area contributed by atoms with Crippen molar-refractivity contribution in [2.24, 2.45) is 11.8 Å². The zero-order valence-electron chi connectivity index (χ0n) is 10.9. The van der Waals surface area contributed by atoms with Crippen LogP contribution < -0.4 is 5.32 Å². The van der Waals surface area contributed by atoms with Crippen molar-refractivity contribution in [3.8, 4) is 0 Å². The fourth-order valence-corrected chi connectivity index (χ4v) is 2.89. The molecule has 0 spiro atoms. The molecule has 1 aromatic rings. The van der Waals surface area contributed by atoms with Crippen molar-refractivity contribution in [1.29, 1.82) is 0 Å². The number of hydrogen-bond acceptors (Lipinski definition) is 4. The summed E-state index contributed by atoms with van der Waals surface area (Å²) in [5, 5.41) is 5.72. The predicted octanol–water partition coefficient (Wildman–Crippen LogP) is 2.21. The summed E-state index contributed by atoms with van der Waals surface area (Å²) in [6.45, 7) is 10.3. The molecule has 0 aliphatic carbocycles. The number of rotatable bonds is 6. The summed E-state index contributed by atoms with van der Waals surface area (Å²) in [4.78, 5) is 6.88. The lowest BCUT2D eigenvalue weighted by atomic mass is 10.1. The highest BCUT2D eigenvalue weighted by atomic mass is 32.1. The molecule has 1 aliphatic rings. The fourth-order valence-electron chi connectivity index (χ4n) is 2.34. The van der Waals surface area contributed by atoms with E-state index in [-0.39, 0.29) is 0 Å². The van der Waals surface area contributed by atoms with Gasteiger partial charge in [0, 0.05) is 18.5 Å². The lowest BCUT2D eigenvalue weighted by Crippen LogP contribution is -2.28. The van der Waals surface area contributed by atoms with E-state index in [9.17, 15) is 0 Å². The topological polar surface area (TPSA) is 28.2 Å². The number of nitrogens with zero attached hydrogens (tertiary/aromatic N) is 2. The molecule has 3 nitrogen and oxygen atoms in total. The maximum Gasteiger partial charge on any atom is 0.0795 e. The van der Waals surface area contributed by atoms with Crippen molar-refractivity contribution < 1.29 is 0 Å². The Hall–Kier alpha value is -0.450. The zero-order chi connectivity index (χ0) is 12.1. The number of likely N-dealkylation sites (tertiary alicyclic amines) is 1. The van der Waals surface area contributed by atoms with Gasteiger partial charge in [-0.3, -0.25) is 4.90 Å². The first kappa shape index (κ1) is 13.0. The van der Waals surface area contributed by atoms with Gasteiger partial charge in [0.2, 0.25) is 0 Å². The van der Waals surface area contributed by atoms with Crippen molar-refractivity contribution in [2.45, 2.75) is 26.8 Å². The third kappa shape index (κ3) is 4.37. The van der Waals surface area contributed by atoms with Crippen molar-refractivity contribution in [3.63, 3.8) is 0 Å². The van der Waals surface area contributed by atoms with Gasteiger partial charge in [-0.05, 0) is 37.9 Å². The van der Waals surface area contributed by atoms with Crippen LogP contribution in [-0.4, -0.2) is 36.1 Å². The van der Waals surface area contributed by atoms with Crippen molar-refractivity contribution >= 4 is 11.3 Å². The maximum absolute atomic E-state index is 4.35. The molecule has 0 bridgehead atoms. The summed E-state index contributed by atoms with van der Waals surface area (Å²) in [5.41, 5.74) is 3.15. The molecule has 1 atom stereocenters. The van der Waals surface area contributed by atoms with Crippen LogP contribution in [0.4, 0.5) is 0 Å². The van der Waals surface area contributed by atoms with Gasteiger partial charge in [-0.15, -0.1) is 11.3 Å². The summed E-state index contributed by atoms with van der Waals surface area (Å²) in [6.07, 6.45) is 1.33. The predicted molar refractivity (Wildman–Crippen MR) is 73.2 cm³/mol. The number of hydrogen-bond donors (Lipinski definition) is 1. The molecule has 1 aromatic heterocycles. The van der Waals surface area contributed by atoms with Gasteiger partial charge in [0.25, 0.3) is 0 Å². The van der Waals surface area contributed by atoms with E-state index >= 15 is 0 Å². The minimum Gasteiger partial charge on any atom is -0.316 e. The Morgan fingerprint density at radius 1 is 1.59 bits per heavy atom. The molecule has 2 heterocycles. The Balaban J connectivity index is 1.65. The molecule has 1 aliphatic heterocycles. The Morgan fingerprint density at radius 2 is 2.47 bits per heavy atom. The smallest absolute Gasteiger partial charge is 0.0795 e. The molecular formula is C13H23N3S. The van der Waals surface area contributed by atoms with Crippen LogP contribution in [0.25, 0.3) is 0 Å². The van der Waals surface area contributed by atoms with E-state index in [0.29, 0.717) is 0 Å². The highest BCUT2D eigenvalue weighted by Crippen LogP contribution is 2.18. The van der Waals surface area contributed by atoms with Gasteiger partial charge in [-0.25, -0.2) is 4.98 Å². The first-order valence-corrected chi connectivity index (χ1v) is 7.48. The third-order valence-corrected chi connectivity index (χ3v) is 3.86. The molecule has 17 heavy (non-hydrogen) atoms. The van der Waals surface area contributed by atoms with Gasteiger partial charge in [0.15, 0.2) is 0 Å². The van der Waals surface area contributed by atoms with Crippen LogP contribution in [0.15, 0.2) is 10.9 Å². The van der Waals surface area contributed by atoms with Crippen LogP contribution in [-0.2, 0) is 6.54 Å². The molecule has 1 N–H and O–H groups in total. The Labute approximate surface area is 108 Å². The normalized spacial score (nSPS) is 21.5. The zero-order valence-corrected chi connectivity index (χ0v) is 11.7. The molecule has 0 aromatic carbocycles. The van der Waals surface area contributed by atoms with Crippen molar-refractivity contribution in [3.05, 3.63) is 16.6 Å². The minimum atomic E-state index is 0.752. The molecular weight excluding hydrogens is 230 g/mol. The molecule has 0 amide bonds.